The first-order chi connectivity index (χ1) is 12.8. The Hall–Kier alpha value is -3.15. The first kappa shape index (κ1) is 15.1. The molecule has 4 aromatic rings. The summed E-state index contributed by atoms with van der Waals surface area (Å²) in [7, 11) is 0. The van der Waals surface area contributed by atoms with E-state index in [4.69, 9.17) is 4.98 Å². The van der Waals surface area contributed by atoms with Gasteiger partial charge in [0.1, 0.15) is 5.82 Å². The van der Waals surface area contributed by atoms with E-state index < -0.39 is 0 Å². The fraction of sp³-hybridized carbons (Fsp3) is 0.250. The molecule has 2 N–H and O–H groups in total. The zero-order chi connectivity index (χ0) is 17.5. The summed E-state index contributed by atoms with van der Waals surface area (Å²) in [6.07, 6.45) is 3.51. The molecule has 1 fully saturated rings. The number of amides is 1. The summed E-state index contributed by atoms with van der Waals surface area (Å²) >= 11 is 0. The average Bonchev–Trinajstić information content (AvgIpc) is 3.33. The molecule has 5 rings (SSSR count). The number of para-hydroxylation sites is 2. The van der Waals surface area contributed by atoms with E-state index >= 15 is 0 Å². The van der Waals surface area contributed by atoms with Crippen molar-refractivity contribution in [1.29, 1.82) is 0 Å². The van der Waals surface area contributed by atoms with Crippen LogP contribution in [0.2, 0.25) is 0 Å². The van der Waals surface area contributed by atoms with Crippen LogP contribution in [0.15, 0.2) is 48.8 Å². The Bertz CT molecular complexity index is 1050. The van der Waals surface area contributed by atoms with Crippen molar-refractivity contribution in [2.75, 3.05) is 13.1 Å². The molecule has 1 aliphatic heterocycles. The second-order valence-corrected chi connectivity index (χ2v) is 6.84. The highest BCUT2D eigenvalue weighted by atomic mass is 16.2. The highest BCUT2D eigenvalue weighted by molar-refractivity contribution is 5.97. The SMILES string of the molecule is O=C(c1ccc2nc[nH]c2c1)N1CCC(c2nc3ccccc3[nH]2)CC1. The van der Waals surface area contributed by atoms with Gasteiger partial charge < -0.3 is 14.9 Å². The Morgan fingerprint density at radius 1 is 1.04 bits per heavy atom. The van der Waals surface area contributed by atoms with Crippen LogP contribution >= 0.6 is 0 Å². The molecule has 0 saturated carbocycles. The van der Waals surface area contributed by atoms with E-state index in [-0.39, 0.29) is 5.91 Å². The van der Waals surface area contributed by atoms with Crippen LogP contribution in [0.4, 0.5) is 0 Å². The second-order valence-electron chi connectivity index (χ2n) is 6.84. The summed E-state index contributed by atoms with van der Waals surface area (Å²) in [6.45, 7) is 1.50. The molecule has 6 heteroatoms. The van der Waals surface area contributed by atoms with Gasteiger partial charge in [0.05, 0.1) is 28.4 Å². The number of carbonyl (C=O) groups excluding carboxylic acids is 1. The molecule has 0 aliphatic carbocycles. The number of rotatable bonds is 2. The number of benzene rings is 2. The Balaban J connectivity index is 1.30. The number of piperidine rings is 1. The van der Waals surface area contributed by atoms with E-state index in [1.54, 1.807) is 6.33 Å². The number of likely N-dealkylation sites (tertiary alicyclic amines) is 1. The molecule has 2 aromatic heterocycles. The minimum absolute atomic E-state index is 0.0876. The lowest BCUT2D eigenvalue weighted by molar-refractivity contribution is 0.0711. The van der Waals surface area contributed by atoms with Gasteiger partial charge in [0, 0.05) is 24.6 Å². The number of H-pyrrole nitrogens is 2. The minimum Gasteiger partial charge on any atom is -0.345 e. The quantitative estimate of drug-likeness (QED) is 0.584. The number of nitrogens with zero attached hydrogens (tertiary/aromatic N) is 3. The number of fused-ring (bicyclic) bond motifs is 2. The van der Waals surface area contributed by atoms with Gasteiger partial charge in [-0.1, -0.05) is 12.1 Å². The highest BCUT2D eigenvalue weighted by Crippen LogP contribution is 2.28. The number of hydrogen-bond acceptors (Lipinski definition) is 3. The van der Waals surface area contributed by atoms with E-state index in [9.17, 15) is 4.79 Å². The Labute approximate surface area is 150 Å². The number of hydrogen-bond donors (Lipinski definition) is 2. The maximum atomic E-state index is 12.8. The van der Waals surface area contributed by atoms with Crippen molar-refractivity contribution < 1.29 is 4.79 Å². The summed E-state index contributed by atoms with van der Waals surface area (Å²) in [4.78, 5) is 30.2. The fourth-order valence-electron chi connectivity index (χ4n) is 3.77. The molecule has 2 aromatic carbocycles. The third kappa shape index (κ3) is 2.54. The van der Waals surface area contributed by atoms with Gasteiger partial charge in [-0.25, -0.2) is 9.97 Å². The van der Waals surface area contributed by atoms with Gasteiger partial charge in [-0.05, 0) is 43.2 Å². The third-order valence-electron chi connectivity index (χ3n) is 5.24. The molecule has 1 saturated heterocycles. The first-order valence-corrected chi connectivity index (χ1v) is 8.95. The van der Waals surface area contributed by atoms with Crippen molar-refractivity contribution in [2.24, 2.45) is 0 Å². The van der Waals surface area contributed by atoms with Crippen LogP contribution in [0.3, 0.4) is 0 Å². The van der Waals surface area contributed by atoms with Crippen molar-refractivity contribution in [3.63, 3.8) is 0 Å². The van der Waals surface area contributed by atoms with Gasteiger partial charge in [-0.15, -0.1) is 0 Å². The Kier molecular flexibility index (Phi) is 3.48. The number of nitrogens with one attached hydrogen (secondary N) is 2. The number of aromatic nitrogens is 4. The predicted octanol–water partition coefficient (Wildman–Crippen LogP) is 3.46. The lowest BCUT2D eigenvalue weighted by Crippen LogP contribution is -2.38. The van der Waals surface area contributed by atoms with Crippen molar-refractivity contribution >= 4 is 28.0 Å². The number of carbonyl (C=O) groups is 1. The van der Waals surface area contributed by atoms with E-state index in [0.29, 0.717) is 11.5 Å². The zero-order valence-corrected chi connectivity index (χ0v) is 14.3. The lowest BCUT2D eigenvalue weighted by Gasteiger charge is -2.31. The predicted molar refractivity (Wildman–Crippen MR) is 100 cm³/mol. The summed E-state index contributed by atoms with van der Waals surface area (Å²) in [5.41, 5.74) is 4.57. The topological polar surface area (TPSA) is 77.7 Å². The Morgan fingerprint density at radius 3 is 2.73 bits per heavy atom. The van der Waals surface area contributed by atoms with Crippen LogP contribution in [-0.2, 0) is 0 Å². The molecular formula is C20H19N5O. The van der Waals surface area contributed by atoms with Gasteiger partial charge in [-0.2, -0.15) is 0 Å². The van der Waals surface area contributed by atoms with Crippen molar-refractivity contribution in [2.45, 2.75) is 18.8 Å². The second kappa shape index (κ2) is 5.98. The molecule has 0 radical (unpaired) electrons. The highest BCUT2D eigenvalue weighted by Gasteiger charge is 2.26. The summed E-state index contributed by atoms with van der Waals surface area (Å²) in [5.74, 6) is 1.50. The maximum Gasteiger partial charge on any atom is 0.253 e. The lowest BCUT2D eigenvalue weighted by atomic mass is 9.95. The van der Waals surface area contributed by atoms with Crippen LogP contribution < -0.4 is 0 Å². The maximum absolute atomic E-state index is 12.8. The van der Waals surface area contributed by atoms with Crippen LogP contribution in [0.5, 0.6) is 0 Å². The largest absolute Gasteiger partial charge is 0.345 e. The molecule has 0 spiro atoms. The summed E-state index contributed by atoms with van der Waals surface area (Å²) < 4.78 is 0. The van der Waals surface area contributed by atoms with Crippen molar-refractivity contribution in [3.8, 4) is 0 Å². The molecule has 0 bridgehead atoms. The van der Waals surface area contributed by atoms with Gasteiger partial charge in [-0.3, -0.25) is 4.79 Å². The smallest absolute Gasteiger partial charge is 0.253 e. The van der Waals surface area contributed by atoms with Crippen LogP contribution in [0.25, 0.3) is 22.1 Å². The molecule has 1 aliphatic rings. The van der Waals surface area contributed by atoms with Crippen LogP contribution in [-0.4, -0.2) is 43.8 Å². The van der Waals surface area contributed by atoms with Gasteiger partial charge in [0.25, 0.3) is 5.91 Å². The average molecular weight is 345 g/mol. The molecule has 0 atom stereocenters. The molecular weight excluding hydrogens is 326 g/mol. The van der Waals surface area contributed by atoms with E-state index in [2.05, 4.69) is 21.0 Å². The van der Waals surface area contributed by atoms with Crippen molar-refractivity contribution in [1.82, 2.24) is 24.8 Å². The van der Waals surface area contributed by atoms with Crippen molar-refractivity contribution in [3.05, 3.63) is 60.2 Å². The normalized spacial score (nSPS) is 15.8. The van der Waals surface area contributed by atoms with E-state index in [1.165, 1.54) is 0 Å². The van der Waals surface area contributed by atoms with Gasteiger partial charge >= 0.3 is 0 Å². The third-order valence-corrected chi connectivity index (χ3v) is 5.24. The number of imidazole rings is 2. The monoisotopic (exact) mass is 345 g/mol. The number of aromatic amines is 2. The molecule has 3 heterocycles. The van der Waals surface area contributed by atoms with Gasteiger partial charge in [0.15, 0.2) is 0 Å². The van der Waals surface area contributed by atoms with Gasteiger partial charge in [0.2, 0.25) is 0 Å². The van der Waals surface area contributed by atoms with Crippen LogP contribution in [0, 0.1) is 0 Å². The fourth-order valence-corrected chi connectivity index (χ4v) is 3.77. The molecule has 26 heavy (non-hydrogen) atoms. The van der Waals surface area contributed by atoms with E-state index in [1.807, 2.05) is 41.3 Å². The molecule has 130 valence electrons. The summed E-state index contributed by atoms with van der Waals surface area (Å²) in [5, 5.41) is 0. The first-order valence-electron chi connectivity index (χ1n) is 8.95. The summed E-state index contributed by atoms with van der Waals surface area (Å²) in [6, 6.07) is 13.7. The Morgan fingerprint density at radius 2 is 1.88 bits per heavy atom. The molecule has 1 amide bonds. The standard InChI is InChI=1S/C20H19N5O/c26-20(14-5-6-15-18(11-14)22-12-21-15)25-9-7-13(8-10-25)19-23-16-3-1-2-4-17(16)24-19/h1-6,11-13H,7-10H2,(H,21,22)(H,23,24). The van der Waals surface area contributed by atoms with Crippen LogP contribution in [0.1, 0.15) is 34.9 Å². The molecule has 6 nitrogen and oxygen atoms in total. The van der Waals surface area contributed by atoms with E-state index in [0.717, 1.165) is 53.8 Å². The molecule has 0 unspecified atom stereocenters. The minimum atomic E-state index is 0.0876. The zero-order valence-electron chi connectivity index (χ0n) is 14.3.